The number of carbonyl (C=O) groups is 3. The summed E-state index contributed by atoms with van der Waals surface area (Å²) in [5, 5.41) is 0. The zero-order valence-electron chi connectivity index (χ0n) is 37.3. The van der Waals surface area contributed by atoms with Crippen LogP contribution in [-0.4, -0.2) is 37.2 Å². The average molecular weight is 805 g/mol. The largest absolute Gasteiger partial charge is 0.462 e. The summed E-state index contributed by atoms with van der Waals surface area (Å²) in [6.45, 7) is 6.29. The Morgan fingerprint density at radius 3 is 1.12 bits per heavy atom. The van der Waals surface area contributed by atoms with Crippen LogP contribution in [0.2, 0.25) is 0 Å². The SMILES string of the molecule is CC/C=C\C/C=C\C/C=C\C/C=C\C/C=C\CCCC(=O)OCC(COC(=O)CCCCCCCCCC)OC(=O)CCCCCCC/C=C\C/C=C\C/C=C\CC. The van der Waals surface area contributed by atoms with Gasteiger partial charge in [0, 0.05) is 19.3 Å². The fourth-order valence-electron chi connectivity index (χ4n) is 5.90. The minimum absolute atomic E-state index is 0.103. The average Bonchev–Trinajstić information content (AvgIpc) is 3.22. The monoisotopic (exact) mass is 805 g/mol. The van der Waals surface area contributed by atoms with Gasteiger partial charge >= 0.3 is 17.9 Å². The molecule has 6 heteroatoms. The maximum Gasteiger partial charge on any atom is 0.306 e. The standard InChI is InChI=1S/C52H84O6/c1-4-7-10-13-16-19-21-23-25-26-28-29-31-33-36-39-42-45-51(54)57-48-49(47-56-50(53)44-41-38-35-18-15-12-9-6-3)58-52(55)46-43-40-37-34-32-30-27-24-22-20-17-14-11-8-5-2/h7-8,10-11,16-17,19-20,23-25,27-29,33,36,49H,4-6,9,12-15,18,21-22,26,30-32,34-35,37-48H2,1-3H3/b10-7-,11-8-,19-16-,20-17-,25-23-,27-24-,29-28-,36-33-. The number of allylic oxidation sites excluding steroid dienone is 16. The van der Waals surface area contributed by atoms with Gasteiger partial charge in [-0.05, 0) is 89.9 Å². The summed E-state index contributed by atoms with van der Waals surface area (Å²) >= 11 is 0. The minimum Gasteiger partial charge on any atom is -0.462 e. The van der Waals surface area contributed by atoms with Crippen LogP contribution in [0.15, 0.2) is 97.2 Å². The van der Waals surface area contributed by atoms with E-state index in [2.05, 4.69) is 118 Å². The summed E-state index contributed by atoms with van der Waals surface area (Å²) in [6, 6.07) is 0. The lowest BCUT2D eigenvalue weighted by Gasteiger charge is -2.18. The first-order chi connectivity index (χ1) is 28.5. The van der Waals surface area contributed by atoms with Crippen LogP contribution in [0.1, 0.15) is 194 Å². The molecule has 0 amide bonds. The van der Waals surface area contributed by atoms with Crippen LogP contribution < -0.4 is 0 Å². The Kier molecular flexibility index (Phi) is 43.1. The summed E-state index contributed by atoms with van der Waals surface area (Å²) in [5.41, 5.74) is 0. The van der Waals surface area contributed by atoms with Crippen molar-refractivity contribution in [3.8, 4) is 0 Å². The van der Waals surface area contributed by atoms with E-state index in [0.717, 1.165) is 116 Å². The molecule has 1 atom stereocenters. The van der Waals surface area contributed by atoms with E-state index in [1.54, 1.807) is 0 Å². The smallest absolute Gasteiger partial charge is 0.306 e. The van der Waals surface area contributed by atoms with Crippen LogP contribution in [0.5, 0.6) is 0 Å². The lowest BCUT2D eigenvalue weighted by molar-refractivity contribution is -0.167. The molecule has 0 aliphatic carbocycles. The Hall–Kier alpha value is -3.67. The van der Waals surface area contributed by atoms with Gasteiger partial charge in [0.25, 0.3) is 0 Å². The third kappa shape index (κ3) is 43.5. The van der Waals surface area contributed by atoms with Crippen molar-refractivity contribution in [2.75, 3.05) is 13.2 Å². The summed E-state index contributed by atoms with van der Waals surface area (Å²) in [5.74, 6) is -0.994. The second-order valence-corrected chi connectivity index (χ2v) is 14.9. The first-order valence-electron chi connectivity index (χ1n) is 23.2. The molecule has 0 aliphatic heterocycles. The predicted octanol–water partition coefficient (Wildman–Crippen LogP) is 15.0. The second-order valence-electron chi connectivity index (χ2n) is 14.9. The lowest BCUT2D eigenvalue weighted by Crippen LogP contribution is -2.30. The Labute approximate surface area is 356 Å². The van der Waals surface area contributed by atoms with Gasteiger partial charge in [-0.3, -0.25) is 14.4 Å². The van der Waals surface area contributed by atoms with Crippen LogP contribution in [0, 0.1) is 0 Å². The van der Waals surface area contributed by atoms with Crippen LogP contribution in [0.4, 0.5) is 0 Å². The molecule has 0 N–H and O–H groups in total. The second kappa shape index (κ2) is 46.0. The van der Waals surface area contributed by atoms with Crippen LogP contribution in [-0.2, 0) is 28.6 Å². The number of carbonyl (C=O) groups excluding carboxylic acids is 3. The van der Waals surface area contributed by atoms with Gasteiger partial charge in [-0.2, -0.15) is 0 Å². The highest BCUT2D eigenvalue weighted by Gasteiger charge is 2.19. The van der Waals surface area contributed by atoms with E-state index in [4.69, 9.17) is 14.2 Å². The van der Waals surface area contributed by atoms with Gasteiger partial charge in [0.1, 0.15) is 13.2 Å². The van der Waals surface area contributed by atoms with Gasteiger partial charge in [-0.15, -0.1) is 0 Å². The fourth-order valence-corrected chi connectivity index (χ4v) is 5.90. The van der Waals surface area contributed by atoms with E-state index >= 15 is 0 Å². The molecular formula is C52H84O6. The number of hydrogen-bond acceptors (Lipinski definition) is 6. The van der Waals surface area contributed by atoms with Gasteiger partial charge in [0.15, 0.2) is 6.10 Å². The Balaban J connectivity index is 4.47. The molecule has 0 radical (unpaired) electrons. The molecular weight excluding hydrogens is 721 g/mol. The predicted molar refractivity (Wildman–Crippen MR) is 247 cm³/mol. The topological polar surface area (TPSA) is 78.9 Å². The number of unbranched alkanes of at least 4 members (excludes halogenated alkanes) is 13. The third-order valence-electron chi connectivity index (χ3n) is 9.33. The van der Waals surface area contributed by atoms with E-state index in [1.165, 1.54) is 32.1 Å². The maximum atomic E-state index is 12.7. The molecule has 6 nitrogen and oxygen atoms in total. The quantitative estimate of drug-likeness (QED) is 0.0266. The highest BCUT2D eigenvalue weighted by Crippen LogP contribution is 2.12. The normalized spacial score (nSPS) is 12.9. The van der Waals surface area contributed by atoms with E-state index < -0.39 is 6.10 Å². The molecule has 0 aromatic rings. The molecule has 58 heavy (non-hydrogen) atoms. The molecule has 328 valence electrons. The van der Waals surface area contributed by atoms with Crippen LogP contribution in [0.25, 0.3) is 0 Å². The van der Waals surface area contributed by atoms with Gasteiger partial charge in [-0.25, -0.2) is 0 Å². The zero-order chi connectivity index (χ0) is 42.3. The first kappa shape index (κ1) is 54.3. The summed E-state index contributed by atoms with van der Waals surface area (Å²) in [6.07, 6.45) is 59.7. The molecule has 0 heterocycles. The van der Waals surface area contributed by atoms with Crippen LogP contribution >= 0.6 is 0 Å². The number of ether oxygens (including phenoxy) is 3. The number of esters is 3. The molecule has 0 spiro atoms. The summed E-state index contributed by atoms with van der Waals surface area (Å²) in [7, 11) is 0. The van der Waals surface area contributed by atoms with Crippen molar-refractivity contribution < 1.29 is 28.6 Å². The van der Waals surface area contributed by atoms with Crippen LogP contribution in [0.3, 0.4) is 0 Å². The van der Waals surface area contributed by atoms with E-state index in [1.807, 2.05) is 0 Å². The van der Waals surface area contributed by atoms with Gasteiger partial charge < -0.3 is 14.2 Å². The van der Waals surface area contributed by atoms with E-state index in [9.17, 15) is 14.4 Å². The molecule has 0 aromatic carbocycles. The first-order valence-corrected chi connectivity index (χ1v) is 23.2. The summed E-state index contributed by atoms with van der Waals surface area (Å²) in [4.78, 5) is 37.7. The van der Waals surface area contributed by atoms with Gasteiger partial charge in [0.2, 0.25) is 0 Å². The highest BCUT2D eigenvalue weighted by atomic mass is 16.6. The summed E-state index contributed by atoms with van der Waals surface area (Å²) < 4.78 is 16.6. The van der Waals surface area contributed by atoms with Gasteiger partial charge in [0.05, 0.1) is 0 Å². The van der Waals surface area contributed by atoms with Crippen molar-refractivity contribution >= 4 is 17.9 Å². The number of hydrogen-bond donors (Lipinski definition) is 0. The molecule has 1 unspecified atom stereocenters. The molecule has 0 fully saturated rings. The van der Waals surface area contributed by atoms with Crippen molar-refractivity contribution in [3.05, 3.63) is 97.2 Å². The zero-order valence-corrected chi connectivity index (χ0v) is 37.3. The lowest BCUT2D eigenvalue weighted by atomic mass is 10.1. The molecule has 0 aliphatic rings. The van der Waals surface area contributed by atoms with Crippen molar-refractivity contribution in [2.45, 2.75) is 200 Å². The van der Waals surface area contributed by atoms with Crippen molar-refractivity contribution in [3.63, 3.8) is 0 Å². The molecule has 0 bridgehead atoms. The Bertz CT molecular complexity index is 1200. The van der Waals surface area contributed by atoms with Gasteiger partial charge in [-0.1, -0.05) is 182 Å². The van der Waals surface area contributed by atoms with Crippen molar-refractivity contribution in [1.29, 1.82) is 0 Å². The molecule has 0 saturated carbocycles. The molecule has 0 saturated heterocycles. The maximum absolute atomic E-state index is 12.7. The Morgan fingerprint density at radius 2 is 0.690 bits per heavy atom. The van der Waals surface area contributed by atoms with Crippen molar-refractivity contribution in [2.24, 2.45) is 0 Å². The highest BCUT2D eigenvalue weighted by molar-refractivity contribution is 5.71. The van der Waals surface area contributed by atoms with Crippen molar-refractivity contribution in [1.82, 2.24) is 0 Å². The minimum atomic E-state index is -0.806. The van der Waals surface area contributed by atoms with E-state index in [-0.39, 0.29) is 37.5 Å². The van der Waals surface area contributed by atoms with E-state index in [0.29, 0.717) is 19.3 Å². The molecule has 0 aromatic heterocycles. The fraction of sp³-hybridized carbons (Fsp3) is 0.635. The Morgan fingerprint density at radius 1 is 0.362 bits per heavy atom. The molecule has 0 rings (SSSR count). The third-order valence-corrected chi connectivity index (χ3v) is 9.33. The number of rotatable bonds is 40.